The minimum Gasteiger partial charge on any atom is -0.380 e. The molecule has 4 heteroatoms. The molecule has 0 radical (unpaired) electrons. The molecule has 4 nitrogen and oxygen atoms in total. The third-order valence-corrected chi connectivity index (χ3v) is 3.56. The summed E-state index contributed by atoms with van der Waals surface area (Å²) >= 11 is 0. The van der Waals surface area contributed by atoms with E-state index in [-0.39, 0.29) is 0 Å². The molecule has 2 aromatic rings. The first-order valence-electron chi connectivity index (χ1n) is 6.95. The van der Waals surface area contributed by atoms with Crippen LogP contribution < -0.4 is 5.32 Å². The Morgan fingerprint density at radius 3 is 2.75 bits per heavy atom. The number of hydrogen-bond acceptors (Lipinski definition) is 4. The van der Waals surface area contributed by atoms with Crippen molar-refractivity contribution in [1.82, 2.24) is 9.97 Å². The zero-order valence-corrected chi connectivity index (χ0v) is 11.9. The lowest BCUT2D eigenvalue weighted by atomic mass is 10.1. The summed E-state index contributed by atoms with van der Waals surface area (Å²) in [4.78, 5) is 9.35. The van der Waals surface area contributed by atoms with Crippen molar-refractivity contribution in [2.45, 2.75) is 25.4 Å². The number of anilines is 1. The lowest BCUT2D eigenvalue weighted by Gasteiger charge is -2.10. The van der Waals surface area contributed by atoms with Gasteiger partial charge in [0, 0.05) is 37.4 Å². The van der Waals surface area contributed by atoms with Gasteiger partial charge in [0.25, 0.3) is 0 Å². The number of nitrogens with one attached hydrogen (secondary N) is 1. The highest BCUT2D eigenvalue weighted by Gasteiger charge is 2.26. The molecule has 1 aliphatic rings. The Bertz CT molecular complexity index is 608. The molecule has 0 bridgehead atoms. The van der Waals surface area contributed by atoms with Gasteiger partial charge in [-0.15, -0.1) is 0 Å². The van der Waals surface area contributed by atoms with Gasteiger partial charge in [0.05, 0.1) is 6.61 Å². The van der Waals surface area contributed by atoms with Crippen LogP contribution in [0.3, 0.4) is 0 Å². The molecule has 0 atom stereocenters. The average molecular weight is 269 g/mol. The number of methoxy groups -OCH3 is 1. The first-order valence-corrected chi connectivity index (χ1v) is 6.95. The lowest BCUT2D eigenvalue weighted by Crippen LogP contribution is -2.02. The van der Waals surface area contributed by atoms with E-state index in [2.05, 4.69) is 28.5 Å². The van der Waals surface area contributed by atoms with E-state index in [9.17, 15) is 0 Å². The summed E-state index contributed by atoms with van der Waals surface area (Å²) in [7, 11) is 3.60. The van der Waals surface area contributed by atoms with Crippen molar-refractivity contribution in [2.75, 3.05) is 19.5 Å². The Labute approximate surface area is 119 Å². The molecule has 1 heterocycles. The van der Waals surface area contributed by atoms with E-state index in [1.807, 2.05) is 19.2 Å². The third-order valence-electron chi connectivity index (χ3n) is 3.56. The molecule has 0 aliphatic heterocycles. The van der Waals surface area contributed by atoms with Gasteiger partial charge < -0.3 is 10.1 Å². The van der Waals surface area contributed by atoms with Gasteiger partial charge in [-0.3, -0.25) is 0 Å². The molecule has 1 aliphatic carbocycles. The summed E-state index contributed by atoms with van der Waals surface area (Å²) in [5.74, 6) is 2.27. The third kappa shape index (κ3) is 2.65. The van der Waals surface area contributed by atoms with Crippen molar-refractivity contribution >= 4 is 5.82 Å². The second-order valence-corrected chi connectivity index (χ2v) is 5.12. The standard InChI is InChI=1S/C16H19N3O/c1-17-15-9-14(11-7-8-11)18-16(19-15)13-6-4-3-5-12(13)10-20-2/h3-6,9,11H,7-8,10H2,1-2H3,(H,17,18,19). The van der Waals surface area contributed by atoms with E-state index in [1.165, 1.54) is 12.8 Å². The molecule has 0 saturated heterocycles. The topological polar surface area (TPSA) is 47.0 Å². The maximum Gasteiger partial charge on any atom is 0.162 e. The zero-order chi connectivity index (χ0) is 13.9. The Balaban J connectivity index is 2.06. The number of aromatic nitrogens is 2. The summed E-state index contributed by atoms with van der Waals surface area (Å²) in [5, 5.41) is 3.13. The summed E-state index contributed by atoms with van der Waals surface area (Å²) < 4.78 is 5.27. The maximum absolute atomic E-state index is 5.27. The number of rotatable bonds is 5. The van der Waals surface area contributed by atoms with Crippen LogP contribution in [0.15, 0.2) is 30.3 Å². The monoisotopic (exact) mass is 269 g/mol. The fraction of sp³-hybridized carbons (Fsp3) is 0.375. The highest BCUT2D eigenvalue weighted by atomic mass is 16.5. The van der Waals surface area contributed by atoms with Gasteiger partial charge in [-0.1, -0.05) is 24.3 Å². The lowest BCUT2D eigenvalue weighted by molar-refractivity contribution is 0.185. The predicted molar refractivity (Wildman–Crippen MR) is 79.7 cm³/mol. The predicted octanol–water partition coefficient (Wildman–Crippen LogP) is 3.21. The van der Waals surface area contributed by atoms with E-state index in [1.54, 1.807) is 7.11 Å². The van der Waals surface area contributed by atoms with Crippen molar-refractivity contribution in [2.24, 2.45) is 0 Å². The van der Waals surface area contributed by atoms with E-state index < -0.39 is 0 Å². The minimum absolute atomic E-state index is 0.572. The fourth-order valence-corrected chi connectivity index (χ4v) is 2.32. The van der Waals surface area contributed by atoms with Crippen LogP contribution in [0.4, 0.5) is 5.82 Å². The SMILES string of the molecule is CNc1cc(C2CC2)nc(-c2ccccc2COC)n1. The van der Waals surface area contributed by atoms with Crippen LogP contribution in [0.25, 0.3) is 11.4 Å². The Morgan fingerprint density at radius 1 is 1.25 bits per heavy atom. The summed E-state index contributed by atoms with van der Waals surface area (Å²) in [5.41, 5.74) is 3.31. The number of nitrogens with zero attached hydrogens (tertiary/aromatic N) is 2. The van der Waals surface area contributed by atoms with Crippen LogP contribution in [0.5, 0.6) is 0 Å². The largest absolute Gasteiger partial charge is 0.380 e. The Kier molecular flexibility index (Phi) is 3.65. The molecule has 1 aromatic carbocycles. The molecule has 104 valence electrons. The summed E-state index contributed by atoms with van der Waals surface area (Å²) in [6, 6.07) is 10.2. The van der Waals surface area contributed by atoms with Gasteiger partial charge >= 0.3 is 0 Å². The molecule has 0 spiro atoms. The van der Waals surface area contributed by atoms with Crippen LogP contribution in [0.2, 0.25) is 0 Å². The number of hydrogen-bond donors (Lipinski definition) is 1. The normalized spacial score (nSPS) is 14.3. The van der Waals surface area contributed by atoms with Gasteiger partial charge in [0.15, 0.2) is 5.82 Å². The van der Waals surface area contributed by atoms with Gasteiger partial charge in [-0.2, -0.15) is 0 Å². The second kappa shape index (κ2) is 5.59. The smallest absolute Gasteiger partial charge is 0.162 e. The highest BCUT2D eigenvalue weighted by Crippen LogP contribution is 2.40. The Hall–Kier alpha value is -1.94. The Morgan fingerprint density at radius 2 is 2.05 bits per heavy atom. The van der Waals surface area contributed by atoms with Crippen molar-refractivity contribution < 1.29 is 4.74 Å². The molecule has 1 saturated carbocycles. The van der Waals surface area contributed by atoms with Crippen LogP contribution in [-0.4, -0.2) is 24.1 Å². The van der Waals surface area contributed by atoms with Crippen molar-refractivity contribution in [3.8, 4) is 11.4 Å². The molecule has 1 aromatic heterocycles. The van der Waals surface area contributed by atoms with Crippen molar-refractivity contribution in [3.05, 3.63) is 41.6 Å². The summed E-state index contributed by atoms with van der Waals surface area (Å²) in [6.45, 7) is 0.572. The van der Waals surface area contributed by atoms with E-state index in [0.717, 1.165) is 28.5 Å². The molecular weight excluding hydrogens is 250 g/mol. The van der Waals surface area contributed by atoms with Gasteiger partial charge in [0.1, 0.15) is 5.82 Å². The quantitative estimate of drug-likeness (QED) is 0.905. The van der Waals surface area contributed by atoms with E-state index in [4.69, 9.17) is 9.72 Å². The molecule has 1 N–H and O–H groups in total. The number of benzene rings is 1. The minimum atomic E-state index is 0.572. The molecule has 0 unspecified atom stereocenters. The van der Waals surface area contributed by atoms with E-state index in [0.29, 0.717) is 12.5 Å². The van der Waals surface area contributed by atoms with Crippen LogP contribution >= 0.6 is 0 Å². The van der Waals surface area contributed by atoms with E-state index >= 15 is 0 Å². The number of ether oxygens (including phenoxy) is 1. The molecular formula is C16H19N3O. The molecule has 1 fully saturated rings. The summed E-state index contributed by atoms with van der Waals surface area (Å²) in [6.07, 6.45) is 2.47. The van der Waals surface area contributed by atoms with Crippen LogP contribution in [0.1, 0.15) is 30.0 Å². The molecule has 0 amide bonds. The van der Waals surface area contributed by atoms with Crippen molar-refractivity contribution in [1.29, 1.82) is 0 Å². The first-order chi connectivity index (χ1) is 9.81. The van der Waals surface area contributed by atoms with Crippen molar-refractivity contribution in [3.63, 3.8) is 0 Å². The fourth-order valence-electron chi connectivity index (χ4n) is 2.32. The first kappa shape index (κ1) is 13.1. The second-order valence-electron chi connectivity index (χ2n) is 5.12. The highest BCUT2D eigenvalue weighted by molar-refractivity contribution is 5.62. The van der Waals surface area contributed by atoms with Gasteiger partial charge in [-0.05, 0) is 18.4 Å². The maximum atomic E-state index is 5.27. The van der Waals surface area contributed by atoms with Crippen LogP contribution in [-0.2, 0) is 11.3 Å². The molecule has 3 rings (SSSR count). The van der Waals surface area contributed by atoms with Gasteiger partial charge in [0.2, 0.25) is 0 Å². The average Bonchev–Trinajstić information content (AvgIpc) is 3.32. The molecule has 20 heavy (non-hydrogen) atoms. The van der Waals surface area contributed by atoms with Gasteiger partial charge in [-0.25, -0.2) is 9.97 Å². The zero-order valence-electron chi connectivity index (χ0n) is 11.9. The van der Waals surface area contributed by atoms with Crippen LogP contribution in [0, 0.1) is 0 Å².